The summed E-state index contributed by atoms with van der Waals surface area (Å²) in [5, 5.41) is 41.3. The zero-order valence-corrected chi connectivity index (χ0v) is 11.0. The first-order valence-electron chi connectivity index (χ1n) is 6.76. The summed E-state index contributed by atoms with van der Waals surface area (Å²) in [7, 11) is 0. The molecule has 2 fully saturated rings. The first-order valence-corrected chi connectivity index (χ1v) is 6.76. The van der Waals surface area contributed by atoms with Gasteiger partial charge in [-0.15, -0.1) is 0 Å². The molecule has 5 N–H and O–H groups in total. The highest BCUT2D eigenvalue weighted by Crippen LogP contribution is 2.24. The molecule has 0 aromatic rings. The summed E-state index contributed by atoms with van der Waals surface area (Å²) in [6.45, 7) is 0.780. The Morgan fingerprint density at radius 3 is 2.65 bits per heavy atom. The number of rotatable bonds is 3. The third-order valence-corrected chi connectivity index (χ3v) is 3.72. The van der Waals surface area contributed by atoms with E-state index in [4.69, 9.17) is 14.6 Å². The molecule has 8 nitrogen and oxygen atoms in total. The SMILES string of the molecule is O=C(O[C@@H]1[C@@H](O)[C@@H](O)O[C@H](CO)[C@H]1O)C1CCCNC1. The van der Waals surface area contributed by atoms with Gasteiger partial charge >= 0.3 is 5.97 Å². The van der Waals surface area contributed by atoms with Crippen LogP contribution in [0.25, 0.3) is 0 Å². The molecule has 2 aliphatic heterocycles. The molecular weight excluding hydrogens is 270 g/mol. The fraction of sp³-hybridized carbons (Fsp3) is 0.917. The number of aliphatic hydroxyl groups excluding tert-OH is 4. The Kier molecular flexibility index (Phi) is 5.30. The number of hydrogen-bond donors (Lipinski definition) is 5. The molecule has 0 aromatic heterocycles. The van der Waals surface area contributed by atoms with Gasteiger partial charge in [0.15, 0.2) is 12.4 Å². The van der Waals surface area contributed by atoms with Crippen molar-refractivity contribution in [1.29, 1.82) is 0 Å². The van der Waals surface area contributed by atoms with Gasteiger partial charge < -0.3 is 35.2 Å². The molecule has 2 rings (SSSR count). The standard InChI is InChI=1S/C12H21NO7/c14-5-7-8(15)10(9(16)12(18)19-7)20-11(17)6-2-1-3-13-4-6/h6-10,12-16,18H,1-5H2/t6?,7-,8-,9-,10+,12+/m1/s1. The first-order chi connectivity index (χ1) is 9.54. The van der Waals surface area contributed by atoms with Crippen molar-refractivity contribution in [1.82, 2.24) is 5.32 Å². The van der Waals surface area contributed by atoms with Gasteiger partial charge in [0.05, 0.1) is 12.5 Å². The monoisotopic (exact) mass is 291 g/mol. The molecule has 1 unspecified atom stereocenters. The molecule has 8 heteroatoms. The van der Waals surface area contributed by atoms with E-state index in [1.165, 1.54) is 0 Å². The van der Waals surface area contributed by atoms with Gasteiger partial charge in [-0.3, -0.25) is 4.79 Å². The molecular formula is C12H21NO7. The van der Waals surface area contributed by atoms with Gasteiger partial charge in [-0.1, -0.05) is 0 Å². The average Bonchev–Trinajstić information content (AvgIpc) is 2.48. The number of piperidine rings is 1. The second kappa shape index (κ2) is 6.79. The summed E-state index contributed by atoms with van der Waals surface area (Å²) in [5.74, 6) is -0.873. The largest absolute Gasteiger partial charge is 0.456 e. The van der Waals surface area contributed by atoms with E-state index >= 15 is 0 Å². The number of ether oxygens (including phenoxy) is 2. The highest BCUT2D eigenvalue weighted by molar-refractivity contribution is 5.73. The highest BCUT2D eigenvalue weighted by atomic mass is 16.7. The van der Waals surface area contributed by atoms with Crippen molar-refractivity contribution in [2.24, 2.45) is 5.92 Å². The molecule has 2 heterocycles. The fourth-order valence-corrected chi connectivity index (χ4v) is 2.49. The third kappa shape index (κ3) is 3.27. The predicted molar refractivity (Wildman–Crippen MR) is 65.5 cm³/mol. The Morgan fingerprint density at radius 1 is 1.30 bits per heavy atom. The Hall–Kier alpha value is -0.770. The first kappa shape index (κ1) is 15.6. The lowest BCUT2D eigenvalue weighted by Gasteiger charge is -2.40. The van der Waals surface area contributed by atoms with Crippen molar-refractivity contribution >= 4 is 5.97 Å². The van der Waals surface area contributed by atoms with E-state index < -0.39 is 43.3 Å². The van der Waals surface area contributed by atoms with Crippen LogP contribution in [0.2, 0.25) is 0 Å². The molecule has 116 valence electrons. The van der Waals surface area contributed by atoms with Crippen LogP contribution < -0.4 is 5.32 Å². The van der Waals surface area contributed by atoms with Crippen molar-refractivity contribution in [3.63, 3.8) is 0 Å². The molecule has 0 aromatic carbocycles. The van der Waals surface area contributed by atoms with E-state index in [0.29, 0.717) is 13.0 Å². The number of nitrogens with one attached hydrogen (secondary N) is 1. The normalized spacial score (nSPS) is 42.2. The van der Waals surface area contributed by atoms with E-state index in [2.05, 4.69) is 5.32 Å². The van der Waals surface area contributed by atoms with E-state index in [1.54, 1.807) is 0 Å². The van der Waals surface area contributed by atoms with Crippen LogP contribution in [0.15, 0.2) is 0 Å². The minimum Gasteiger partial charge on any atom is -0.456 e. The third-order valence-electron chi connectivity index (χ3n) is 3.72. The number of carbonyl (C=O) groups excluding carboxylic acids is 1. The van der Waals surface area contributed by atoms with Crippen LogP contribution in [0, 0.1) is 5.92 Å². The van der Waals surface area contributed by atoms with Crippen LogP contribution in [-0.4, -0.2) is 76.8 Å². The molecule has 0 saturated carbocycles. The minimum atomic E-state index is -1.61. The van der Waals surface area contributed by atoms with Crippen molar-refractivity contribution in [2.75, 3.05) is 19.7 Å². The molecule has 20 heavy (non-hydrogen) atoms. The lowest BCUT2D eigenvalue weighted by atomic mass is 9.97. The van der Waals surface area contributed by atoms with E-state index in [1.807, 2.05) is 0 Å². The van der Waals surface area contributed by atoms with Crippen LogP contribution in [0.4, 0.5) is 0 Å². The Bertz CT molecular complexity index is 334. The van der Waals surface area contributed by atoms with Gasteiger partial charge in [-0.05, 0) is 19.4 Å². The number of carbonyl (C=O) groups is 1. The van der Waals surface area contributed by atoms with Gasteiger partial charge in [-0.2, -0.15) is 0 Å². The van der Waals surface area contributed by atoms with Gasteiger partial charge in [-0.25, -0.2) is 0 Å². The molecule has 0 amide bonds. The van der Waals surface area contributed by atoms with Crippen LogP contribution in [0.3, 0.4) is 0 Å². The summed E-state index contributed by atoms with van der Waals surface area (Å²) in [5.41, 5.74) is 0. The topological polar surface area (TPSA) is 128 Å². The fourth-order valence-electron chi connectivity index (χ4n) is 2.49. The van der Waals surface area contributed by atoms with Gasteiger partial charge in [0.25, 0.3) is 0 Å². The van der Waals surface area contributed by atoms with Crippen molar-refractivity contribution in [3.05, 3.63) is 0 Å². The van der Waals surface area contributed by atoms with E-state index in [9.17, 15) is 20.1 Å². The molecule has 6 atom stereocenters. The number of esters is 1. The number of hydrogen-bond acceptors (Lipinski definition) is 8. The maximum atomic E-state index is 12.0. The Labute approximate surface area is 116 Å². The maximum absolute atomic E-state index is 12.0. The summed E-state index contributed by atoms with van der Waals surface area (Å²) in [6.07, 6.45) is -5.45. The Morgan fingerprint density at radius 2 is 2.05 bits per heavy atom. The molecule has 0 aliphatic carbocycles. The summed E-state index contributed by atoms with van der Waals surface area (Å²) in [6, 6.07) is 0. The smallest absolute Gasteiger partial charge is 0.310 e. The second-order valence-corrected chi connectivity index (χ2v) is 5.17. The second-order valence-electron chi connectivity index (χ2n) is 5.17. The molecule has 0 radical (unpaired) electrons. The van der Waals surface area contributed by atoms with E-state index in [-0.39, 0.29) is 5.92 Å². The molecule has 2 aliphatic rings. The molecule has 0 bridgehead atoms. The molecule has 2 saturated heterocycles. The van der Waals surface area contributed by atoms with Gasteiger partial charge in [0.2, 0.25) is 0 Å². The Balaban J connectivity index is 1.99. The van der Waals surface area contributed by atoms with E-state index in [0.717, 1.165) is 13.0 Å². The average molecular weight is 291 g/mol. The van der Waals surface area contributed by atoms with Crippen molar-refractivity contribution in [3.8, 4) is 0 Å². The molecule has 0 spiro atoms. The van der Waals surface area contributed by atoms with Crippen LogP contribution in [-0.2, 0) is 14.3 Å². The van der Waals surface area contributed by atoms with Crippen LogP contribution in [0.5, 0.6) is 0 Å². The quantitative estimate of drug-likeness (QED) is 0.356. The van der Waals surface area contributed by atoms with Gasteiger partial charge in [0, 0.05) is 6.54 Å². The van der Waals surface area contributed by atoms with Crippen molar-refractivity contribution in [2.45, 2.75) is 43.5 Å². The summed E-state index contributed by atoms with van der Waals surface area (Å²) in [4.78, 5) is 12.0. The minimum absolute atomic E-state index is 0.337. The van der Waals surface area contributed by atoms with Crippen LogP contribution >= 0.6 is 0 Å². The predicted octanol–water partition coefficient (Wildman–Crippen LogP) is -2.67. The number of aliphatic hydroxyl groups is 4. The summed E-state index contributed by atoms with van der Waals surface area (Å²) >= 11 is 0. The lowest BCUT2D eigenvalue weighted by Crippen LogP contribution is -2.60. The van der Waals surface area contributed by atoms with Crippen LogP contribution in [0.1, 0.15) is 12.8 Å². The maximum Gasteiger partial charge on any atom is 0.310 e. The van der Waals surface area contributed by atoms with Crippen molar-refractivity contribution < 1.29 is 34.7 Å². The lowest BCUT2D eigenvalue weighted by molar-refractivity contribution is -0.290. The highest BCUT2D eigenvalue weighted by Gasteiger charge is 2.46. The summed E-state index contributed by atoms with van der Waals surface area (Å²) < 4.78 is 9.95. The zero-order valence-electron chi connectivity index (χ0n) is 11.0. The van der Waals surface area contributed by atoms with Gasteiger partial charge in [0.1, 0.15) is 18.3 Å². The zero-order chi connectivity index (χ0) is 14.7.